The molecular weight excluding hydrogens is 220 g/mol. The fraction of sp³-hybridized carbons (Fsp3) is 0.400. The summed E-state index contributed by atoms with van der Waals surface area (Å²) in [4.78, 5) is 15.3. The molecule has 7 nitrogen and oxygen atoms in total. The normalized spacial score (nSPS) is 13.1. The Bertz CT molecular complexity index is 553. The molecule has 0 spiro atoms. The van der Waals surface area contributed by atoms with E-state index in [-0.39, 0.29) is 0 Å². The number of H-pyrrole nitrogens is 1. The Hall–Kier alpha value is -2.02. The maximum Gasteiger partial charge on any atom is 0.434 e. The van der Waals surface area contributed by atoms with Gasteiger partial charge in [-0.1, -0.05) is 5.21 Å². The van der Waals surface area contributed by atoms with E-state index in [4.69, 9.17) is 4.84 Å². The van der Waals surface area contributed by atoms with Crippen LogP contribution in [0.2, 0.25) is 0 Å². The van der Waals surface area contributed by atoms with Crippen LogP contribution in [0.5, 0.6) is 0 Å². The average molecular weight is 236 g/mol. The number of aliphatic imine (C=N–C) groups is 1. The molecule has 7 heteroatoms. The SMILES string of the molecule is CN=C(O[n+]1[nH]nc2cccnc21)[N+](C)(C)C. The van der Waals surface area contributed by atoms with Crippen molar-refractivity contribution in [3.63, 3.8) is 0 Å². The minimum atomic E-state index is 0.469. The first kappa shape index (κ1) is 11.5. The Kier molecular flexibility index (Phi) is 2.76. The van der Waals surface area contributed by atoms with Gasteiger partial charge in [0.25, 0.3) is 0 Å². The first-order valence-corrected chi connectivity index (χ1v) is 5.20. The van der Waals surface area contributed by atoms with Gasteiger partial charge in [0.2, 0.25) is 5.52 Å². The lowest BCUT2D eigenvalue weighted by molar-refractivity contribution is -0.924. The molecular formula is C10H16N6O+2. The molecule has 2 heterocycles. The van der Waals surface area contributed by atoms with Crippen LogP contribution in [-0.2, 0) is 0 Å². The zero-order valence-corrected chi connectivity index (χ0v) is 10.4. The fourth-order valence-electron chi connectivity index (χ4n) is 1.39. The predicted octanol–water partition coefficient (Wildman–Crippen LogP) is -0.634. The number of nitrogens with zero attached hydrogens (tertiary/aromatic N) is 5. The van der Waals surface area contributed by atoms with Gasteiger partial charge in [-0.15, -0.1) is 4.98 Å². The number of aromatic amines is 1. The van der Waals surface area contributed by atoms with Gasteiger partial charge in [-0.25, -0.2) is 9.32 Å². The lowest BCUT2D eigenvalue weighted by Crippen LogP contribution is -2.57. The third-order valence-electron chi connectivity index (χ3n) is 2.16. The number of nitrogens with one attached hydrogen (secondary N) is 1. The van der Waals surface area contributed by atoms with Crippen LogP contribution in [0.1, 0.15) is 0 Å². The third-order valence-corrected chi connectivity index (χ3v) is 2.16. The van der Waals surface area contributed by atoms with Crippen LogP contribution in [0.25, 0.3) is 11.2 Å². The molecule has 2 aromatic rings. The van der Waals surface area contributed by atoms with Crippen molar-refractivity contribution in [1.82, 2.24) is 15.3 Å². The molecule has 1 N–H and O–H groups in total. The van der Waals surface area contributed by atoms with Gasteiger partial charge in [-0.05, 0) is 17.2 Å². The van der Waals surface area contributed by atoms with E-state index in [1.165, 1.54) is 4.85 Å². The predicted molar refractivity (Wildman–Crippen MR) is 62.1 cm³/mol. The summed E-state index contributed by atoms with van der Waals surface area (Å²) in [5, 5.41) is 6.82. The van der Waals surface area contributed by atoms with Gasteiger partial charge in [0.05, 0.1) is 21.1 Å². The molecule has 0 fully saturated rings. The van der Waals surface area contributed by atoms with Crippen LogP contribution in [0.4, 0.5) is 0 Å². The molecule has 2 rings (SSSR count). The summed E-state index contributed by atoms with van der Waals surface area (Å²) in [7, 11) is 7.59. The van der Waals surface area contributed by atoms with Crippen molar-refractivity contribution in [3.05, 3.63) is 18.3 Å². The van der Waals surface area contributed by atoms with E-state index in [2.05, 4.69) is 20.3 Å². The number of amidine groups is 1. The zero-order valence-electron chi connectivity index (χ0n) is 10.4. The van der Waals surface area contributed by atoms with Gasteiger partial charge in [0.1, 0.15) is 6.20 Å². The van der Waals surface area contributed by atoms with E-state index >= 15 is 0 Å². The standard InChI is InChI=1S/C10H15N6O/c1-11-10(16(2,3)4)17-15-9-8(13-14-15)6-5-7-12-9/h5-7H,1-4H3/q+1/p+1. The fourth-order valence-corrected chi connectivity index (χ4v) is 1.39. The van der Waals surface area contributed by atoms with E-state index in [0.717, 1.165) is 5.52 Å². The van der Waals surface area contributed by atoms with Crippen molar-refractivity contribution in [1.29, 1.82) is 0 Å². The second-order valence-electron chi connectivity index (χ2n) is 4.46. The molecule has 17 heavy (non-hydrogen) atoms. The lowest BCUT2D eigenvalue weighted by atomic mass is 10.4. The Morgan fingerprint density at radius 1 is 1.47 bits per heavy atom. The minimum absolute atomic E-state index is 0.469. The van der Waals surface area contributed by atoms with Gasteiger partial charge < -0.3 is 0 Å². The summed E-state index contributed by atoms with van der Waals surface area (Å²) in [5.74, 6) is 0. The summed E-state index contributed by atoms with van der Waals surface area (Å²) in [6.07, 6.45) is 1.69. The van der Waals surface area contributed by atoms with Crippen molar-refractivity contribution in [2.45, 2.75) is 0 Å². The number of hydrogen-bond donors (Lipinski definition) is 1. The lowest BCUT2D eigenvalue weighted by Gasteiger charge is -2.20. The molecule has 2 aromatic heterocycles. The summed E-state index contributed by atoms with van der Waals surface area (Å²) >= 11 is 0. The first-order valence-electron chi connectivity index (χ1n) is 5.20. The molecule has 0 aliphatic rings. The van der Waals surface area contributed by atoms with Crippen molar-refractivity contribution in [3.8, 4) is 0 Å². The molecule has 0 bridgehead atoms. The van der Waals surface area contributed by atoms with Gasteiger partial charge in [-0.3, -0.25) is 0 Å². The highest BCUT2D eigenvalue weighted by Crippen LogP contribution is 2.00. The number of pyridine rings is 1. The number of quaternary nitrogens is 1. The van der Waals surface area contributed by atoms with Crippen LogP contribution in [-0.4, -0.2) is 54.0 Å². The van der Waals surface area contributed by atoms with Crippen LogP contribution in [0.15, 0.2) is 23.3 Å². The van der Waals surface area contributed by atoms with Gasteiger partial charge in [-0.2, -0.15) is 4.99 Å². The second kappa shape index (κ2) is 4.10. The largest absolute Gasteiger partial charge is 0.434 e. The van der Waals surface area contributed by atoms with E-state index in [9.17, 15) is 0 Å². The molecule has 0 saturated carbocycles. The van der Waals surface area contributed by atoms with E-state index in [1.807, 2.05) is 33.3 Å². The average Bonchev–Trinajstić information content (AvgIpc) is 2.67. The molecule has 0 amide bonds. The highest BCUT2D eigenvalue weighted by molar-refractivity contribution is 5.67. The second-order valence-corrected chi connectivity index (χ2v) is 4.46. The summed E-state index contributed by atoms with van der Waals surface area (Å²) in [6.45, 7) is 0. The van der Waals surface area contributed by atoms with Crippen molar-refractivity contribution in [2.24, 2.45) is 4.99 Å². The maximum atomic E-state index is 5.64. The number of aromatic nitrogens is 4. The summed E-state index contributed by atoms with van der Waals surface area (Å²) < 4.78 is 0.469. The molecule has 0 aliphatic carbocycles. The van der Waals surface area contributed by atoms with Crippen LogP contribution in [0.3, 0.4) is 0 Å². The number of fused-ring (bicyclic) bond motifs is 1. The van der Waals surface area contributed by atoms with Crippen molar-refractivity contribution >= 4 is 17.2 Å². The minimum Gasteiger partial charge on any atom is -0.246 e. The van der Waals surface area contributed by atoms with Gasteiger partial charge in [0, 0.05) is 11.9 Å². The highest BCUT2D eigenvalue weighted by Gasteiger charge is 2.25. The molecule has 0 saturated heterocycles. The topological polar surface area (TPSA) is 67.0 Å². The molecule has 0 aromatic carbocycles. The summed E-state index contributed by atoms with van der Waals surface area (Å²) in [5.41, 5.74) is 1.37. The molecule has 0 atom stereocenters. The Morgan fingerprint density at radius 3 is 2.88 bits per heavy atom. The monoisotopic (exact) mass is 236 g/mol. The Labute approximate surface area is 98.9 Å². The molecule has 0 unspecified atom stereocenters. The van der Waals surface area contributed by atoms with Gasteiger partial charge >= 0.3 is 11.7 Å². The number of hydrogen-bond acceptors (Lipinski definition) is 4. The Balaban J connectivity index is 2.36. The molecule has 0 radical (unpaired) electrons. The Morgan fingerprint density at radius 2 is 2.24 bits per heavy atom. The quantitative estimate of drug-likeness (QED) is 0.310. The van der Waals surface area contributed by atoms with Crippen LogP contribution in [0, 0.1) is 0 Å². The first-order chi connectivity index (χ1) is 8.02. The number of rotatable bonds is 1. The van der Waals surface area contributed by atoms with Crippen molar-refractivity contribution < 1.29 is 14.2 Å². The molecule has 0 aliphatic heterocycles. The summed E-state index contributed by atoms with van der Waals surface area (Å²) in [6, 6.07) is 4.22. The van der Waals surface area contributed by atoms with Crippen molar-refractivity contribution in [2.75, 3.05) is 28.2 Å². The van der Waals surface area contributed by atoms with Crippen LogP contribution < -0.4 is 9.68 Å². The zero-order chi connectivity index (χ0) is 12.5. The van der Waals surface area contributed by atoms with Gasteiger partial charge in [0.15, 0.2) is 0 Å². The maximum absolute atomic E-state index is 5.64. The van der Waals surface area contributed by atoms with Crippen LogP contribution >= 0.6 is 0 Å². The van der Waals surface area contributed by atoms with E-state index < -0.39 is 0 Å². The third kappa shape index (κ3) is 2.23. The van der Waals surface area contributed by atoms with E-state index in [0.29, 0.717) is 16.2 Å². The van der Waals surface area contributed by atoms with E-state index in [1.54, 1.807) is 13.2 Å². The smallest absolute Gasteiger partial charge is 0.246 e. The molecule has 90 valence electrons. The highest BCUT2D eigenvalue weighted by atomic mass is 16.7.